The number of para-hydroxylation sites is 1. The van der Waals surface area contributed by atoms with Gasteiger partial charge in [0.2, 0.25) is 0 Å². The van der Waals surface area contributed by atoms with Crippen molar-refractivity contribution in [3.05, 3.63) is 30.6 Å². The Morgan fingerprint density at radius 2 is 1.94 bits per heavy atom. The maximum atomic E-state index is 4.46. The molecule has 1 aliphatic heterocycles. The number of benzene rings is 1. The van der Waals surface area contributed by atoms with E-state index >= 15 is 0 Å². The Bertz CT molecular complexity index is 530. The van der Waals surface area contributed by atoms with E-state index in [0.717, 1.165) is 10.5 Å². The maximum Gasteiger partial charge on any atom is 0.117 e. The Balaban J connectivity index is 1.82. The highest BCUT2D eigenvalue weighted by atomic mass is 32.2. The third kappa shape index (κ3) is 2.49. The molecule has 0 unspecified atom stereocenters. The van der Waals surface area contributed by atoms with Crippen molar-refractivity contribution < 1.29 is 0 Å². The highest BCUT2D eigenvalue weighted by molar-refractivity contribution is 8.00. The fraction of sp³-hybridized carbons (Fsp3) is 0.429. The summed E-state index contributed by atoms with van der Waals surface area (Å²) in [6.45, 7) is 2.39. The van der Waals surface area contributed by atoms with Gasteiger partial charge in [-0.3, -0.25) is 0 Å². The van der Waals surface area contributed by atoms with Crippen LogP contribution >= 0.6 is 11.8 Å². The zero-order chi connectivity index (χ0) is 12.4. The summed E-state index contributed by atoms with van der Waals surface area (Å²) in [5.41, 5.74) is 1.04. The van der Waals surface area contributed by atoms with E-state index in [2.05, 4.69) is 40.1 Å². The average Bonchev–Trinajstić information content (AvgIpc) is 2.42. The lowest BCUT2D eigenvalue weighted by Gasteiger charge is -2.28. The number of nitrogens with zero attached hydrogens (tertiary/aromatic N) is 3. The Hall–Kier alpha value is -1.13. The van der Waals surface area contributed by atoms with Gasteiger partial charge in [0.15, 0.2) is 0 Å². The van der Waals surface area contributed by atoms with Crippen LogP contribution in [0.25, 0.3) is 10.9 Å². The van der Waals surface area contributed by atoms with Crippen molar-refractivity contribution in [3.63, 3.8) is 0 Å². The third-order valence-corrected chi connectivity index (χ3v) is 4.80. The second-order valence-electron chi connectivity index (χ2n) is 4.82. The fourth-order valence-corrected chi connectivity index (χ4v) is 3.50. The van der Waals surface area contributed by atoms with E-state index in [4.69, 9.17) is 0 Å². The Morgan fingerprint density at radius 1 is 1.17 bits per heavy atom. The molecule has 1 fully saturated rings. The zero-order valence-electron chi connectivity index (χ0n) is 10.5. The third-order valence-electron chi connectivity index (χ3n) is 3.45. The molecule has 0 atom stereocenters. The van der Waals surface area contributed by atoms with E-state index < -0.39 is 0 Å². The van der Waals surface area contributed by atoms with Crippen LogP contribution in [0.4, 0.5) is 0 Å². The molecule has 0 radical (unpaired) electrons. The normalized spacial score (nSPS) is 18.3. The van der Waals surface area contributed by atoms with Gasteiger partial charge in [-0.15, -0.1) is 11.8 Å². The number of likely N-dealkylation sites (tertiary alicyclic amines) is 1. The molecule has 2 heterocycles. The molecule has 0 bridgehead atoms. The molecular weight excluding hydrogens is 242 g/mol. The first-order valence-electron chi connectivity index (χ1n) is 6.38. The van der Waals surface area contributed by atoms with E-state index in [0.29, 0.717) is 5.25 Å². The van der Waals surface area contributed by atoms with Gasteiger partial charge in [-0.2, -0.15) is 0 Å². The molecule has 3 rings (SSSR count). The van der Waals surface area contributed by atoms with Crippen molar-refractivity contribution in [2.24, 2.45) is 0 Å². The summed E-state index contributed by atoms with van der Waals surface area (Å²) >= 11 is 1.92. The Morgan fingerprint density at radius 3 is 2.78 bits per heavy atom. The molecule has 18 heavy (non-hydrogen) atoms. The fourth-order valence-electron chi connectivity index (χ4n) is 2.33. The number of hydrogen-bond donors (Lipinski definition) is 0. The van der Waals surface area contributed by atoms with Gasteiger partial charge >= 0.3 is 0 Å². The van der Waals surface area contributed by atoms with Crippen molar-refractivity contribution >= 4 is 22.7 Å². The smallest absolute Gasteiger partial charge is 0.117 e. The van der Waals surface area contributed by atoms with E-state index in [1.54, 1.807) is 6.33 Å². The monoisotopic (exact) mass is 259 g/mol. The zero-order valence-corrected chi connectivity index (χ0v) is 11.4. The van der Waals surface area contributed by atoms with Crippen molar-refractivity contribution in [3.8, 4) is 0 Å². The van der Waals surface area contributed by atoms with Crippen molar-refractivity contribution in [2.45, 2.75) is 23.1 Å². The van der Waals surface area contributed by atoms with Crippen LogP contribution in [0.3, 0.4) is 0 Å². The molecule has 94 valence electrons. The van der Waals surface area contributed by atoms with Crippen molar-refractivity contribution in [2.75, 3.05) is 20.1 Å². The topological polar surface area (TPSA) is 29.0 Å². The van der Waals surface area contributed by atoms with Crippen molar-refractivity contribution in [1.82, 2.24) is 14.9 Å². The molecule has 2 aromatic rings. The van der Waals surface area contributed by atoms with Gasteiger partial charge in [0.25, 0.3) is 0 Å². The van der Waals surface area contributed by atoms with Crippen LogP contribution < -0.4 is 0 Å². The number of hydrogen-bond acceptors (Lipinski definition) is 4. The molecule has 3 nitrogen and oxygen atoms in total. The molecule has 0 saturated carbocycles. The number of thioether (sulfide) groups is 1. The average molecular weight is 259 g/mol. The number of rotatable bonds is 2. The molecule has 0 aliphatic carbocycles. The molecule has 0 amide bonds. The summed E-state index contributed by atoms with van der Waals surface area (Å²) in [6, 6.07) is 8.26. The molecule has 1 aliphatic rings. The Labute approximate surface area is 112 Å². The van der Waals surface area contributed by atoms with E-state index in [1.807, 2.05) is 17.8 Å². The SMILES string of the molecule is CN1CCC(Sc2ncnc3ccccc23)CC1. The van der Waals surface area contributed by atoms with E-state index in [1.165, 1.54) is 31.3 Å². The molecule has 4 heteroatoms. The van der Waals surface area contributed by atoms with Crippen LogP contribution in [0.5, 0.6) is 0 Å². The summed E-state index contributed by atoms with van der Waals surface area (Å²) in [7, 11) is 2.20. The van der Waals surface area contributed by atoms with Crippen LogP contribution in [0, 0.1) is 0 Å². The highest BCUT2D eigenvalue weighted by Gasteiger charge is 2.19. The second kappa shape index (κ2) is 5.24. The van der Waals surface area contributed by atoms with Crippen LogP contribution in [0.2, 0.25) is 0 Å². The summed E-state index contributed by atoms with van der Waals surface area (Å²) in [5, 5.41) is 3.01. The largest absolute Gasteiger partial charge is 0.306 e. The Kier molecular flexibility index (Phi) is 3.48. The lowest BCUT2D eigenvalue weighted by molar-refractivity contribution is 0.282. The number of aromatic nitrogens is 2. The predicted octanol–water partition coefficient (Wildman–Crippen LogP) is 2.82. The van der Waals surface area contributed by atoms with E-state index in [-0.39, 0.29) is 0 Å². The number of fused-ring (bicyclic) bond motifs is 1. The molecule has 1 aromatic carbocycles. The quantitative estimate of drug-likeness (QED) is 0.776. The van der Waals surface area contributed by atoms with Crippen LogP contribution in [-0.2, 0) is 0 Å². The highest BCUT2D eigenvalue weighted by Crippen LogP contribution is 2.32. The van der Waals surface area contributed by atoms with Gasteiger partial charge in [-0.25, -0.2) is 9.97 Å². The van der Waals surface area contributed by atoms with Gasteiger partial charge < -0.3 is 4.90 Å². The lowest BCUT2D eigenvalue weighted by atomic mass is 10.1. The minimum Gasteiger partial charge on any atom is -0.306 e. The van der Waals surface area contributed by atoms with Crippen molar-refractivity contribution in [1.29, 1.82) is 0 Å². The standard InChI is InChI=1S/C14H17N3S/c1-17-8-6-11(7-9-17)18-14-12-4-2-3-5-13(12)15-10-16-14/h2-5,10-11H,6-9H2,1H3. The van der Waals surface area contributed by atoms with Crippen LogP contribution in [0.1, 0.15) is 12.8 Å². The van der Waals surface area contributed by atoms with E-state index in [9.17, 15) is 0 Å². The van der Waals surface area contributed by atoms with Crippen LogP contribution in [0.15, 0.2) is 35.6 Å². The first-order valence-corrected chi connectivity index (χ1v) is 7.26. The van der Waals surface area contributed by atoms with Gasteiger partial charge in [0, 0.05) is 10.6 Å². The van der Waals surface area contributed by atoms with Crippen LogP contribution in [-0.4, -0.2) is 40.3 Å². The minimum absolute atomic E-state index is 0.694. The maximum absolute atomic E-state index is 4.46. The molecule has 1 aromatic heterocycles. The van der Waals surface area contributed by atoms with Gasteiger partial charge in [-0.05, 0) is 39.0 Å². The van der Waals surface area contributed by atoms with Gasteiger partial charge in [-0.1, -0.05) is 18.2 Å². The summed E-state index contributed by atoms with van der Waals surface area (Å²) < 4.78 is 0. The summed E-state index contributed by atoms with van der Waals surface area (Å²) in [5.74, 6) is 0. The number of piperidine rings is 1. The molecule has 0 spiro atoms. The lowest BCUT2D eigenvalue weighted by Crippen LogP contribution is -2.31. The predicted molar refractivity (Wildman–Crippen MR) is 75.9 cm³/mol. The molecular formula is C14H17N3S. The molecule has 0 N–H and O–H groups in total. The first kappa shape index (κ1) is 11.9. The molecule has 1 saturated heterocycles. The second-order valence-corrected chi connectivity index (χ2v) is 6.11. The summed E-state index contributed by atoms with van der Waals surface area (Å²) in [6.07, 6.45) is 4.18. The van der Waals surface area contributed by atoms with Gasteiger partial charge in [0.1, 0.15) is 11.4 Å². The van der Waals surface area contributed by atoms with Gasteiger partial charge in [0.05, 0.1) is 5.52 Å². The summed E-state index contributed by atoms with van der Waals surface area (Å²) in [4.78, 5) is 11.2. The first-order chi connectivity index (χ1) is 8.83. The minimum atomic E-state index is 0.694.